The molecule has 1 saturated heterocycles. The van der Waals surface area contributed by atoms with Crippen LogP contribution in [0.5, 0.6) is 0 Å². The van der Waals surface area contributed by atoms with E-state index in [0.717, 1.165) is 18.4 Å². The summed E-state index contributed by atoms with van der Waals surface area (Å²) in [5, 5.41) is 8.82. The second kappa shape index (κ2) is 5.28. The van der Waals surface area contributed by atoms with Crippen LogP contribution >= 0.6 is 11.8 Å². The number of hydrogen-bond donors (Lipinski definition) is 1. The maximum absolute atomic E-state index is 12.2. The van der Waals surface area contributed by atoms with Gasteiger partial charge < -0.3 is 14.4 Å². The van der Waals surface area contributed by atoms with Crippen LogP contribution in [0.25, 0.3) is 0 Å². The average molecular weight is 283 g/mol. The van der Waals surface area contributed by atoms with Crippen molar-refractivity contribution in [3.8, 4) is 0 Å². The summed E-state index contributed by atoms with van der Waals surface area (Å²) < 4.78 is 5.23. The van der Waals surface area contributed by atoms with Crippen LogP contribution in [0.4, 0.5) is 0 Å². The van der Waals surface area contributed by atoms with Crippen molar-refractivity contribution < 1.29 is 19.1 Å². The number of hydrogen-bond acceptors (Lipinski definition) is 4. The van der Waals surface area contributed by atoms with E-state index in [-0.39, 0.29) is 22.0 Å². The smallest absolute Gasteiger partial charge is 0.338 e. The minimum absolute atomic E-state index is 0.00729. The summed E-state index contributed by atoms with van der Waals surface area (Å²) in [6.07, 6.45) is 2.02. The van der Waals surface area contributed by atoms with Crippen molar-refractivity contribution in [2.75, 3.05) is 18.8 Å². The Bertz CT molecular complexity index is 495. The Labute approximate surface area is 116 Å². The number of rotatable bonds is 2. The minimum Gasteiger partial charge on any atom is -0.478 e. The fraction of sp³-hybridized carbons (Fsp3) is 0.538. The van der Waals surface area contributed by atoms with Crippen molar-refractivity contribution in [1.29, 1.82) is 0 Å². The van der Waals surface area contributed by atoms with Gasteiger partial charge in [0.15, 0.2) is 5.76 Å². The van der Waals surface area contributed by atoms with Gasteiger partial charge in [0.2, 0.25) is 0 Å². The maximum Gasteiger partial charge on any atom is 0.338 e. The predicted molar refractivity (Wildman–Crippen MR) is 72.7 cm³/mol. The van der Waals surface area contributed by atoms with Crippen molar-refractivity contribution in [3.05, 3.63) is 23.7 Å². The van der Waals surface area contributed by atoms with Crippen molar-refractivity contribution in [3.63, 3.8) is 0 Å². The van der Waals surface area contributed by atoms with Crippen molar-refractivity contribution >= 4 is 23.6 Å². The molecule has 1 aliphatic heterocycles. The first-order valence-corrected chi connectivity index (χ1v) is 7.13. The van der Waals surface area contributed by atoms with Gasteiger partial charge in [-0.05, 0) is 6.42 Å². The van der Waals surface area contributed by atoms with Gasteiger partial charge in [-0.25, -0.2) is 4.79 Å². The highest BCUT2D eigenvalue weighted by molar-refractivity contribution is 8.00. The van der Waals surface area contributed by atoms with E-state index in [2.05, 4.69) is 13.8 Å². The molecule has 5 nitrogen and oxygen atoms in total. The second-order valence-electron chi connectivity index (χ2n) is 5.16. The van der Waals surface area contributed by atoms with Crippen molar-refractivity contribution in [2.24, 2.45) is 0 Å². The Morgan fingerprint density at radius 2 is 2.16 bits per heavy atom. The summed E-state index contributed by atoms with van der Waals surface area (Å²) in [7, 11) is 0. The number of amides is 1. The summed E-state index contributed by atoms with van der Waals surface area (Å²) >= 11 is 1.85. The third kappa shape index (κ3) is 3.32. The zero-order chi connectivity index (χ0) is 14.0. The molecule has 0 radical (unpaired) electrons. The SMILES string of the molecule is CC1(C)CCN(C(=O)c2cc(C(=O)O)co2)CCS1. The van der Waals surface area contributed by atoms with Crippen LogP contribution in [0, 0.1) is 0 Å². The van der Waals surface area contributed by atoms with Crippen LogP contribution < -0.4 is 0 Å². The van der Waals surface area contributed by atoms with Gasteiger partial charge in [0.25, 0.3) is 5.91 Å². The molecule has 0 aromatic carbocycles. The normalized spacial score (nSPS) is 18.9. The molecule has 0 aliphatic carbocycles. The first kappa shape index (κ1) is 14.0. The highest BCUT2D eigenvalue weighted by Crippen LogP contribution is 2.31. The number of carbonyl (C=O) groups is 2. The van der Waals surface area contributed by atoms with E-state index in [0.29, 0.717) is 13.1 Å². The van der Waals surface area contributed by atoms with Gasteiger partial charge in [-0.3, -0.25) is 4.79 Å². The van der Waals surface area contributed by atoms with Gasteiger partial charge in [0.1, 0.15) is 6.26 Å². The van der Waals surface area contributed by atoms with E-state index in [4.69, 9.17) is 9.52 Å². The maximum atomic E-state index is 12.2. The molecule has 1 aromatic heterocycles. The van der Waals surface area contributed by atoms with Crippen LogP contribution in [0.1, 0.15) is 41.2 Å². The van der Waals surface area contributed by atoms with E-state index >= 15 is 0 Å². The van der Waals surface area contributed by atoms with E-state index in [9.17, 15) is 9.59 Å². The lowest BCUT2D eigenvalue weighted by molar-refractivity contribution is 0.0694. The Kier molecular flexibility index (Phi) is 3.89. The molecule has 1 aliphatic rings. The molecule has 104 valence electrons. The number of aromatic carboxylic acids is 1. The third-order valence-electron chi connectivity index (χ3n) is 3.18. The summed E-state index contributed by atoms with van der Waals surface area (Å²) in [4.78, 5) is 24.7. The molecule has 1 N–H and O–H groups in total. The Hall–Kier alpha value is -1.43. The monoisotopic (exact) mass is 283 g/mol. The Morgan fingerprint density at radius 1 is 1.42 bits per heavy atom. The first-order valence-electron chi connectivity index (χ1n) is 6.14. The number of carboxylic acid groups (broad SMARTS) is 1. The molecule has 1 amide bonds. The molecule has 0 atom stereocenters. The molecule has 0 bridgehead atoms. The second-order valence-corrected chi connectivity index (χ2v) is 6.96. The van der Waals surface area contributed by atoms with Crippen LogP contribution in [-0.4, -0.2) is 45.5 Å². The highest BCUT2D eigenvalue weighted by Gasteiger charge is 2.28. The standard InChI is InChI=1S/C13H17NO4S/c1-13(2)3-4-14(5-6-19-13)11(15)10-7-9(8-18-10)12(16)17/h7-8H,3-6H2,1-2H3,(H,16,17). The summed E-state index contributed by atoms with van der Waals surface area (Å²) in [5.74, 6) is -0.339. The average Bonchev–Trinajstić information content (AvgIpc) is 2.75. The fourth-order valence-electron chi connectivity index (χ4n) is 1.94. The molecule has 1 aromatic rings. The van der Waals surface area contributed by atoms with Gasteiger partial charge in [0, 0.05) is 29.7 Å². The molecule has 1 fully saturated rings. The Morgan fingerprint density at radius 3 is 2.79 bits per heavy atom. The molecule has 2 heterocycles. The fourth-order valence-corrected chi connectivity index (χ4v) is 3.04. The van der Waals surface area contributed by atoms with Crippen LogP contribution in [-0.2, 0) is 0 Å². The van der Waals surface area contributed by atoms with E-state index in [1.54, 1.807) is 4.90 Å². The summed E-state index contributed by atoms with van der Waals surface area (Å²) in [5.41, 5.74) is 0.00729. The zero-order valence-electron chi connectivity index (χ0n) is 11.0. The number of carbonyl (C=O) groups excluding carboxylic acids is 1. The van der Waals surface area contributed by atoms with Gasteiger partial charge in [-0.1, -0.05) is 13.8 Å². The topological polar surface area (TPSA) is 70.8 Å². The molecule has 0 spiro atoms. The third-order valence-corrected chi connectivity index (χ3v) is 4.55. The van der Waals surface area contributed by atoms with Gasteiger partial charge in [-0.2, -0.15) is 11.8 Å². The minimum atomic E-state index is -1.09. The lowest BCUT2D eigenvalue weighted by atomic mass is 10.1. The van der Waals surface area contributed by atoms with Crippen LogP contribution in [0.3, 0.4) is 0 Å². The summed E-state index contributed by atoms with van der Waals surface area (Å²) in [6, 6.07) is 1.29. The van der Waals surface area contributed by atoms with Crippen LogP contribution in [0.2, 0.25) is 0 Å². The molecular weight excluding hydrogens is 266 g/mol. The van der Waals surface area contributed by atoms with Crippen LogP contribution in [0.15, 0.2) is 16.7 Å². The largest absolute Gasteiger partial charge is 0.478 e. The van der Waals surface area contributed by atoms with Gasteiger partial charge >= 0.3 is 5.97 Å². The van der Waals surface area contributed by atoms with E-state index < -0.39 is 5.97 Å². The molecule has 0 saturated carbocycles. The number of furan rings is 1. The van der Waals surface area contributed by atoms with Gasteiger partial charge in [0.05, 0.1) is 5.56 Å². The van der Waals surface area contributed by atoms with E-state index in [1.807, 2.05) is 11.8 Å². The highest BCUT2D eigenvalue weighted by atomic mass is 32.2. The van der Waals surface area contributed by atoms with Crippen molar-refractivity contribution in [1.82, 2.24) is 4.90 Å². The molecule has 2 rings (SSSR count). The zero-order valence-corrected chi connectivity index (χ0v) is 11.8. The quantitative estimate of drug-likeness (QED) is 0.902. The van der Waals surface area contributed by atoms with Gasteiger partial charge in [-0.15, -0.1) is 0 Å². The number of carboxylic acids is 1. The number of thioether (sulfide) groups is 1. The van der Waals surface area contributed by atoms with E-state index in [1.165, 1.54) is 6.07 Å². The molecule has 6 heteroatoms. The summed E-state index contributed by atoms with van der Waals surface area (Å²) in [6.45, 7) is 5.67. The van der Waals surface area contributed by atoms with Crippen molar-refractivity contribution in [2.45, 2.75) is 25.0 Å². The molecule has 19 heavy (non-hydrogen) atoms. The molecule has 0 unspecified atom stereocenters. The lowest BCUT2D eigenvalue weighted by Gasteiger charge is -2.22. The lowest BCUT2D eigenvalue weighted by Crippen LogP contribution is -2.33. The Balaban J connectivity index is 2.08. The number of nitrogens with zero attached hydrogens (tertiary/aromatic N) is 1. The first-order chi connectivity index (χ1) is 8.89. The molecular formula is C13H17NO4S. The predicted octanol–water partition coefficient (Wildman–Crippen LogP) is 2.34.